The Morgan fingerprint density at radius 2 is 1.93 bits per heavy atom. The van der Waals surface area contributed by atoms with Crippen LogP contribution in [0, 0.1) is 29.6 Å². The van der Waals surface area contributed by atoms with E-state index in [0.29, 0.717) is 33.3 Å². The number of nitrogens with zero attached hydrogens (tertiary/aromatic N) is 4. The van der Waals surface area contributed by atoms with E-state index < -0.39 is 12.3 Å². The van der Waals surface area contributed by atoms with Crippen molar-refractivity contribution in [2.24, 2.45) is 5.10 Å². The van der Waals surface area contributed by atoms with Crippen LogP contribution in [0.3, 0.4) is 0 Å². The van der Waals surface area contributed by atoms with Crippen molar-refractivity contribution < 1.29 is 9.84 Å². The molecule has 1 heterocycles. The predicted molar refractivity (Wildman–Crippen MR) is 105 cm³/mol. The summed E-state index contributed by atoms with van der Waals surface area (Å²) in [6.45, 7) is 3.60. The van der Waals surface area contributed by atoms with Crippen molar-refractivity contribution in [3.8, 4) is 12.1 Å². The second-order valence-corrected chi connectivity index (χ2v) is 6.73. The number of anilines is 1. The monoisotopic (exact) mass is 395 g/mol. The number of rotatable bonds is 5. The molecule has 1 aliphatic heterocycles. The summed E-state index contributed by atoms with van der Waals surface area (Å²) in [4.78, 5) is 0. The molecule has 0 saturated heterocycles. The topological polar surface area (TPSA) is 105 Å². The summed E-state index contributed by atoms with van der Waals surface area (Å²) in [6.07, 6.45) is -1.35. The Labute approximate surface area is 168 Å². The molecule has 7 nitrogen and oxygen atoms in total. The lowest BCUT2D eigenvalue weighted by Crippen LogP contribution is -2.44. The Bertz CT molecular complexity index is 989. The number of aliphatic hydroxyl groups is 1. The van der Waals surface area contributed by atoms with E-state index in [-0.39, 0.29) is 6.73 Å². The maximum atomic E-state index is 10.3. The summed E-state index contributed by atoms with van der Waals surface area (Å²) in [7, 11) is 0. The molecule has 2 N–H and O–H groups in total. The van der Waals surface area contributed by atoms with Crippen LogP contribution in [0.4, 0.5) is 5.69 Å². The third-order valence-corrected chi connectivity index (χ3v) is 4.89. The van der Waals surface area contributed by atoms with Crippen LogP contribution < -0.4 is 5.32 Å². The molecular formula is C20H18ClN5O2. The van der Waals surface area contributed by atoms with Crippen LogP contribution in [0.25, 0.3) is 0 Å². The normalized spacial score (nSPS) is 15.1. The molecule has 0 aliphatic carbocycles. The van der Waals surface area contributed by atoms with Crippen LogP contribution in [-0.2, 0) is 4.74 Å². The summed E-state index contributed by atoms with van der Waals surface area (Å²) < 4.78 is 5.66. The van der Waals surface area contributed by atoms with Crippen molar-refractivity contribution in [3.63, 3.8) is 0 Å². The largest absolute Gasteiger partial charge is 0.453 e. The summed E-state index contributed by atoms with van der Waals surface area (Å²) in [5, 5.41) is 37.9. The van der Waals surface area contributed by atoms with Crippen LogP contribution in [0.2, 0.25) is 5.02 Å². The lowest BCUT2D eigenvalue weighted by atomic mass is 10.1. The maximum Gasteiger partial charge on any atom is 0.240 e. The second kappa shape index (κ2) is 8.18. The minimum Gasteiger partial charge on any atom is -0.453 e. The first-order valence-corrected chi connectivity index (χ1v) is 8.94. The van der Waals surface area contributed by atoms with Crippen molar-refractivity contribution in [1.29, 1.82) is 10.5 Å². The van der Waals surface area contributed by atoms with Crippen LogP contribution in [0.15, 0.2) is 41.5 Å². The molecule has 8 heteroatoms. The highest BCUT2D eigenvalue weighted by molar-refractivity contribution is 6.32. The zero-order valence-corrected chi connectivity index (χ0v) is 16.1. The van der Waals surface area contributed by atoms with E-state index in [1.54, 1.807) is 55.3 Å². The number of aliphatic hydroxyl groups excluding tert-OH is 1. The summed E-state index contributed by atoms with van der Waals surface area (Å²) in [6, 6.07) is 14.4. The van der Waals surface area contributed by atoms with E-state index in [4.69, 9.17) is 26.9 Å². The van der Waals surface area contributed by atoms with Crippen LogP contribution in [0.1, 0.15) is 29.2 Å². The molecule has 2 aromatic carbocycles. The molecule has 0 radical (unpaired) electrons. The number of hydrogen-bond donors (Lipinski definition) is 2. The fraction of sp³-hybridized carbons (Fsp3) is 0.250. The van der Waals surface area contributed by atoms with Gasteiger partial charge >= 0.3 is 0 Å². The van der Waals surface area contributed by atoms with Crippen molar-refractivity contribution >= 4 is 23.2 Å². The van der Waals surface area contributed by atoms with E-state index in [0.717, 1.165) is 5.56 Å². The van der Waals surface area contributed by atoms with Crippen molar-refractivity contribution in [2.75, 3.05) is 12.0 Å². The fourth-order valence-electron chi connectivity index (χ4n) is 2.80. The maximum absolute atomic E-state index is 10.3. The summed E-state index contributed by atoms with van der Waals surface area (Å²) in [5.41, 5.74) is 3.09. The van der Waals surface area contributed by atoms with Gasteiger partial charge in [-0.3, -0.25) is 0 Å². The van der Waals surface area contributed by atoms with Crippen molar-refractivity contribution in [3.05, 3.63) is 63.7 Å². The number of nitriles is 2. The van der Waals surface area contributed by atoms with Gasteiger partial charge < -0.3 is 15.2 Å². The molecule has 0 aromatic heterocycles. The highest BCUT2D eigenvalue weighted by Gasteiger charge is 2.28. The number of nitrogens with one attached hydrogen (secondary N) is 1. The van der Waals surface area contributed by atoms with Gasteiger partial charge in [0.2, 0.25) is 5.90 Å². The Morgan fingerprint density at radius 3 is 2.54 bits per heavy atom. The molecule has 2 aromatic rings. The third kappa shape index (κ3) is 3.86. The zero-order chi connectivity index (χ0) is 20.3. The summed E-state index contributed by atoms with van der Waals surface area (Å²) in [5.74, 6) is 0.409. The molecule has 0 unspecified atom stereocenters. The van der Waals surface area contributed by atoms with E-state index in [1.807, 2.05) is 6.07 Å². The minimum absolute atomic E-state index is 0.154. The number of hydrogen-bond acceptors (Lipinski definition) is 7. The summed E-state index contributed by atoms with van der Waals surface area (Å²) >= 11 is 6.24. The van der Waals surface area contributed by atoms with E-state index in [2.05, 4.69) is 16.5 Å². The third-order valence-electron chi connectivity index (χ3n) is 4.40. The minimum atomic E-state index is -0.776. The first-order chi connectivity index (χ1) is 13.4. The Hall–Kier alpha value is -3.26. The SMILES string of the molecule is Cc1c(N[C@H]([C@@H](C)O)N2COC(c3ccc(C#N)cc3)=N2)ccc(C#N)c1Cl. The molecule has 0 fully saturated rings. The van der Waals surface area contributed by atoms with E-state index in [1.165, 1.54) is 0 Å². The molecule has 1 aliphatic rings. The Kier molecular flexibility index (Phi) is 5.70. The quantitative estimate of drug-likeness (QED) is 0.805. The van der Waals surface area contributed by atoms with Crippen LogP contribution in [0.5, 0.6) is 0 Å². The average Bonchev–Trinajstić information content (AvgIpc) is 3.18. The van der Waals surface area contributed by atoms with Gasteiger partial charge in [-0.05, 0) is 55.8 Å². The molecule has 0 amide bonds. The zero-order valence-electron chi connectivity index (χ0n) is 15.3. The standard InChI is InChI=1S/C20H18ClN5O2/c1-12-17(8-7-16(10-23)18(12)21)24-19(13(2)27)26-11-28-20(25-26)15-5-3-14(9-22)4-6-15/h3-8,13,19,24,27H,11H2,1-2H3/t13-,19+/m1/s1. The highest BCUT2D eigenvalue weighted by atomic mass is 35.5. The van der Waals surface area contributed by atoms with Gasteiger partial charge in [0.15, 0.2) is 6.73 Å². The van der Waals surface area contributed by atoms with Crippen LogP contribution in [-0.4, -0.2) is 35.0 Å². The van der Waals surface area contributed by atoms with E-state index >= 15 is 0 Å². The van der Waals surface area contributed by atoms with Gasteiger partial charge in [0.1, 0.15) is 12.2 Å². The van der Waals surface area contributed by atoms with Gasteiger partial charge in [0.25, 0.3) is 0 Å². The van der Waals surface area contributed by atoms with Gasteiger partial charge in [0, 0.05) is 11.3 Å². The number of benzene rings is 2. The molecular weight excluding hydrogens is 378 g/mol. The predicted octanol–water partition coefficient (Wildman–Crippen LogP) is 3.16. The van der Waals surface area contributed by atoms with Gasteiger partial charge in [-0.15, -0.1) is 5.10 Å². The Balaban J connectivity index is 1.83. The van der Waals surface area contributed by atoms with Crippen LogP contribution >= 0.6 is 11.6 Å². The van der Waals surface area contributed by atoms with Gasteiger partial charge in [-0.25, -0.2) is 5.01 Å². The van der Waals surface area contributed by atoms with Gasteiger partial charge in [-0.2, -0.15) is 10.5 Å². The molecule has 2 atom stereocenters. The second-order valence-electron chi connectivity index (χ2n) is 6.35. The van der Waals surface area contributed by atoms with Gasteiger partial charge in [-0.1, -0.05) is 11.6 Å². The number of halogens is 1. The molecule has 0 saturated carbocycles. The first-order valence-electron chi connectivity index (χ1n) is 8.57. The lowest BCUT2D eigenvalue weighted by Gasteiger charge is -2.29. The number of ether oxygens (including phenoxy) is 1. The van der Waals surface area contributed by atoms with Crippen molar-refractivity contribution in [2.45, 2.75) is 26.1 Å². The van der Waals surface area contributed by atoms with Crippen molar-refractivity contribution in [1.82, 2.24) is 5.01 Å². The van der Waals surface area contributed by atoms with E-state index in [9.17, 15) is 5.11 Å². The highest BCUT2D eigenvalue weighted by Crippen LogP contribution is 2.28. The molecule has 142 valence electrons. The van der Waals surface area contributed by atoms with Gasteiger partial charge in [0.05, 0.1) is 28.3 Å². The smallest absolute Gasteiger partial charge is 0.240 e. The molecule has 28 heavy (non-hydrogen) atoms. The first kappa shape index (κ1) is 19.5. The molecule has 0 bridgehead atoms. The fourth-order valence-corrected chi connectivity index (χ4v) is 3.01. The lowest BCUT2D eigenvalue weighted by molar-refractivity contribution is 0.0493. The average molecular weight is 396 g/mol. The molecule has 3 rings (SSSR count). The number of hydrazone groups is 1. The molecule has 0 spiro atoms. The Morgan fingerprint density at radius 1 is 1.21 bits per heavy atom.